The first-order valence-electron chi connectivity index (χ1n) is 10.6. The fourth-order valence-corrected chi connectivity index (χ4v) is 3.93. The van der Waals surface area contributed by atoms with Crippen LogP contribution in [0.1, 0.15) is 24.5 Å². The largest absolute Gasteiger partial charge is 0.453 e. The molecular weight excluding hydrogens is 411 g/mol. The third-order valence-electron chi connectivity index (χ3n) is 5.84. The second-order valence-electron chi connectivity index (χ2n) is 7.91. The summed E-state index contributed by atoms with van der Waals surface area (Å²) in [6.45, 7) is 3.61. The maximum Gasteiger partial charge on any atom is 0.414 e. The molecule has 0 unspecified atom stereocenters. The Morgan fingerprint density at radius 3 is 2.72 bits per heavy atom. The topological polar surface area (TPSA) is 89.2 Å². The van der Waals surface area contributed by atoms with Gasteiger partial charge in [0, 0.05) is 48.2 Å². The molecular formula is C24H27FN4O3. The number of aliphatic imine (C=N–C) groups is 1. The number of nitrogens with two attached hydrogens (primary N) is 1. The first-order chi connectivity index (χ1) is 15.5. The van der Waals surface area contributed by atoms with Crippen LogP contribution in [0.5, 0.6) is 11.5 Å². The molecule has 32 heavy (non-hydrogen) atoms. The van der Waals surface area contributed by atoms with Crippen LogP contribution in [0.15, 0.2) is 47.6 Å². The van der Waals surface area contributed by atoms with Gasteiger partial charge in [0.1, 0.15) is 5.75 Å². The van der Waals surface area contributed by atoms with Crippen LogP contribution in [0.2, 0.25) is 0 Å². The number of amides is 1. The molecule has 2 heterocycles. The Kier molecular flexibility index (Phi) is 6.41. The highest BCUT2D eigenvalue weighted by Gasteiger charge is 2.32. The summed E-state index contributed by atoms with van der Waals surface area (Å²) in [5.74, 6) is 0.0859. The van der Waals surface area contributed by atoms with Gasteiger partial charge < -0.3 is 20.5 Å². The number of allylic oxidation sites excluding steroid dienone is 1. The maximum absolute atomic E-state index is 14.5. The molecule has 1 atom stereocenters. The molecule has 2 aromatic carbocycles. The number of carbonyl (C=O) groups excluding carboxylic acids is 1. The van der Waals surface area contributed by atoms with E-state index in [0.29, 0.717) is 35.4 Å². The third kappa shape index (κ3) is 4.18. The van der Waals surface area contributed by atoms with Crippen molar-refractivity contribution in [3.05, 3.63) is 59.5 Å². The molecule has 0 radical (unpaired) electrons. The number of benzene rings is 2. The second-order valence-corrected chi connectivity index (χ2v) is 7.91. The first kappa shape index (κ1) is 21.8. The minimum atomic E-state index is -0.474. The van der Waals surface area contributed by atoms with Crippen molar-refractivity contribution in [3.8, 4) is 11.5 Å². The average Bonchev–Trinajstić information content (AvgIpc) is 2.77. The fourth-order valence-electron chi connectivity index (χ4n) is 3.93. The monoisotopic (exact) mass is 438 g/mol. The Labute approximate surface area is 186 Å². The molecule has 2 aliphatic heterocycles. The normalized spacial score (nSPS) is 18.9. The number of rotatable bonds is 5. The third-order valence-corrected chi connectivity index (χ3v) is 5.84. The van der Waals surface area contributed by atoms with Crippen molar-refractivity contribution in [1.82, 2.24) is 5.32 Å². The molecule has 0 spiro atoms. The molecule has 2 aliphatic rings. The van der Waals surface area contributed by atoms with Crippen LogP contribution in [-0.2, 0) is 11.2 Å². The van der Waals surface area contributed by atoms with E-state index in [-0.39, 0.29) is 17.8 Å². The van der Waals surface area contributed by atoms with E-state index in [2.05, 4.69) is 10.3 Å². The molecule has 168 valence electrons. The van der Waals surface area contributed by atoms with Gasteiger partial charge in [0.15, 0.2) is 11.6 Å². The van der Waals surface area contributed by atoms with Gasteiger partial charge in [0.05, 0.1) is 18.8 Å². The number of fused-ring (bicyclic) bond motifs is 1. The summed E-state index contributed by atoms with van der Waals surface area (Å²) in [4.78, 5) is 18.7. The van der Waals surface area contributed by atoms with Crippen LogP contribution in [0, 0.1) is 5.82 Å². The zero-order chi connectivity index (χ0) is 22.7. The standard InChI is InChI=1S/C24H27FN4O3/c1-15-7-8-19-21(29(15)24(30)31-2)10-9-18(16(11-26)12-28-17-13-27-14-17)23(19)32-22-6-4-3-5-20(22)25/h3-6,9-12,15,17,27H,7-8,13-14,26H2,1-2H3/t15-/m0/s1. The minimum absolute atomic E-state index is 0.0423. The molecule has 1 saturated heterocycles. The Bertz CT molecular complexity index is 1070. The highest BCUT2D eigenvalue weighted by Crippen LogP contribution is 2.43. The van der Waals surface area contributed by atoms with Crippen molar-refractivity contribution in [1.29, 1.82) is 0 Å². The van der Waals surface area contributed by atoms with Gasteiger partial charge in [-0.05, 0) is 44.0 Å². The maximum atomic E-state index is 14.5. The number of halogens is 1. The van der Waals surface area contributed by atoms with Crippen LogP contribution in [0.25, 0.3) is 5.57 Å². The summed E-state index contributed by atoms with van der Waals surface area (Å²) in [6, 6.07) is 10.1. The van der Waals surface area contributed by atoms with E-state index in [1.807, 2.05) is 19.1 Å². The molecule has 0 aromatic heterocycles. The predicted molar refractivity (Wildman–Crippen MR) is 123 cm³/mol. The van der Waals surface area contributed by atoms with Gasteiger partial charge in [0.25, 0.3) is 0 Å². The number of carbonyl (C=O) groups is 1. The fraction of sp³-hybridized carbons (Fsp3) is 0.333. The van der Waals surface area contributed by atoms with Crippen molar-refractivity contribution < 1.29 is 18.7 Å². The first-order valence-corrected chi connectivity index (χ1v) is 10.6. The van der Waals surface area contributed by atoms with Crippen LogP contribution in [-0.4, -0.2) is 44.6 Å². The number of nitrogens with one attached hydrogen (secondary N) is 1. The van der Waals surface area contributed by atoms with E-state index in [4.69, 9.17) is 15.2 Å². The highest BCUT2D eigenvalue weighted by atomic mass is 19.1. The molecule has 1 amide bonds. The lowest BCUT2D eigenvalue weighted by molar-refractivity contribution is 0.175. The van der Waals surface area contributed by atoms with E-state index in [9.17, 15) is 9.18 Å². The molecule has 0 bridgehead atoms. The van der Waals surface area contributed by atoms with E-state index >= 15 is 0 Å². The number of hydrogen-bond donors (Lipinski definition) is 2. The van der Waals surface area contributed by atoms with Gasteiger partial charge in [-0.3, -0.25) is 9.89 Å². The summed E-state index contributed by atoms with van der Waals surface area (Å²) in [6.07, 6.45) is 4.11. The van der Waals surface area contributed by atoms with Gasteiger partial charge in [-0.25, -0.2) is 9.18 Å². The lowest BCUT2D eigenvalue weighted by Gasteiger charge is -2.35. The summed E-state index contributed by atoms with van der Waals surface area (Å²) in [5, 5.41) is 3.18. The summed E-state index contributed by atoms with van der Waals surface area (Å²) in [7, 11) is 1.36. The quantitative estimate of drug-likeness (QED) is 0.692. The zero-order valence-electron chi connectivity index (χ0n) is 18.2. The van der Waals surface area contributed by atoms with E-state index < -0.39 is 11.9 Å². The second kappa shape index (κ2) is 9.40. The lowest BCUT2D eigenvalue weighted by Crippen LogP contribution is -2.45. The molecule has 0 saturated carbocycles. The zero-order valence-corrected chi connectivity index (χ0v) is 18.2. The van der Waals surface area contributed by atoms with Crippen LogP contribution in [0.3, 0.4) is 0 Å². The van der Waals surface area contributed by atoms with Gasteiger partial charge in [-0.1, -0.05) is 12.1 Å². The molecule has 0 aliphatic carbocycles. The number of methoxy groups -OCH3 is 1. The number of para-hydroxylation sites is 1. The Hall–Kier alpha value is -3.39. The van der Waals surface area contributed by atoms with Crippen molar-refractivity contribution in [2.75, 3.05) is 25.1 Å². The number of hydrogen-bond acceptors (Lipinski definition) is 6. The number of ether oxygens (including phenoxy) is 2. The Morgan fingerprint density at radius 1 is 1.28 bits per heavy atom. The highest BCUT2D eigenvalue weighted by molar-refractivity contribution is 6.11. The van der Waals surface area contributed by atoms with E-state index in [1.165, 1.54) is 19.4 Å². The Balaban J connectivity index is 1.83. The minimum Gasteiger partial charge on any atom is -0.453 e. The van der Waals surface area contributed by atoms with Gasteiger partial charge in [-0.2, -0.15) is 0 Å². The smallest absolute Gasteiger partial charge is 0.414 e. The van der Waals surface area contributed by atoms with Crippen LogP contribution in [0.4, 0.5) is 14.9 Å². The lowest BCUT2D eigenvalue weighted by atomic mass is 9.92. The average molecular weight is 439 g/mol. The molecule has 3 N–H and O–H groups in total. The van der Waals surface area contributed by atoms with E-state index in [0.717, 1.165) is 18.7 Å². The molecule has 2 aromatic rings. The molecule has 7 nitrogen and oxygen atoms in total. The number of nitrogens with zero attached hydrogens (tertiary/aromatic N) is 2. The van der Waals surface area contributed by atoms with Gasteiger partial charge >= 0.3 is 6.09 Å². The van der Waals surface area contributed by atoms with Crippen LogP contribution < -0.4 is 20.7 Å². The number of anilines is 1. The molecule has 8 heteroatoms. The molecule has 4 rings (SSSR count). The SMILES string of the molecule is COC(=O)N1c2ccc(C(C=NC3CNC3)=CN)c(Oc3ccccc3F)c2CC[C@@H]1C. The molecule has 1 fully saturated rings. The van der Waals surface area contributed by atoms with Gasteiger partial charge in [-0.15, -0.1) is 0 Å². The van der Waals surface area contributed by atoms with Crippen molar-refractivity contribution in [2.45, 2.75) is 31.8 Å². The van der Waals surface area contributed by atoms with Crippen LogP contribution >= 0.6 is 0 Å². The van der Waals surface area contributed by atoms with Gasteiger partial charge in [0.2, 0.25) is 0 Å². The van der Waals surface area contributed by atoms with Crippen molar-refractivity contribution in [3.63, 3.8) is 0 Å². The summed E-state index contributed by atoms with van der Waals surface area (Å²) in [5.41, 5.74) is 8.78. The van der Waals surface area contributed by atoms with E-state index in [1.54, 1.807) is 29.3 Å². The predicted octanol–water partition coefficient (Wildman–Crippen LogP) is 3.87. The Morgan fingerprint density at radius 2 is 2.06 bits per heavy atom. The van der Waals surface area contributed by atoms with Crippen molar-refractivity contribution in [2.24, 2.45) is 10.7 Å². The van der Waals surface area contributed by atoms with Crippen molar-refractivity contribution >= 4 is 23.6 Å². The summed E-state index contributed by atoms with van der Waals surface area (Å²) < 4.78 is 25.6. The summed E-state index contributed by atoms with van der Waals surface area (Å²) >= 11 is 0.